The highest BCUT2D eigenvalue weighted by molar-refractivity contribution is 6.33. The second-order valence-electron chi connectivity index (χ2n) is 8.50. The first-order valence-electron chi connectivity index (χ1n) is 11.2. The molecule has 1 aromatic heterocycles. The molecule has 1 amide bonds. The lowest BCUT2D eigenvalue weighted by Crippen LogP contribution is -2.44. The average Bonchev–Trinajstić information content (AvgIpc) is 2.84. The summed E-state index contributed by atoms with van der Waals surface area (Å²) < 4.78 is 10.8. The Balaban J connectivity index is 1.43. The number of amides is 1. The molecule has 3 N–H and O–H groups in total. The second kappa shape index (κ2) is 11.1. The van der Waals surface area contributed by atoms with Gasteiger partial charge in [0, 0.05) is 57.4 Å². The van der Waals surface area contributed by atoms with Gasteiger partial charge in [0.05, 0.1) is 17.0 Å². The molecule has 0 saturated carbocycles. The number of halogens is 1. The van der Waals surface area contributed by atoms with Crippen molar-refractivity contribution in [2.24, 2.45) is 11.8 Å². The van der Waals surface area contributed by atoms with E-state index in [4.69, 9.17) is 21.1 Å². The molecule has 0 bridgehead atoms. The van der Waals surface area contributed by atoms with Gasteiger partial charge in [0.1, 0.15) is 5.82 Å². The van der Waals surface area contributed by atoms with E-state index in [0.717, 1.165) is 56.0 Å². The molecule has 172 valence electrons. The number of anilines is 2. The standard InChI is InChI=1S/C24H31ClN4O3/c1-31-20-10-18(13-26-14-20)24(30)29-23-11-21(22(25)15-28-23)17-3-2-4-19(9-17)27-12-16-5-7-32-8-6-16/h2-4,9,11,15-16,18,20,26-27H,5-8,10,12-14H2,1H3,(H,28,29,30)/t18-,20+/m0/s1. The monoisotopic (exact) mass is 458 g/mol. The highest BCUT2D eigenvalue weighted by Crippen LogP contribution is 2.31. The van der Waals surface area contributed by atoms with Crippen LogP contribution in [0.25, 0.3) is 11.1 Å². The van der Waals surface area contributed by atoms with Crippen LogP contribution in [0.2, 0.25) is 5.02 Å². The fourth-order valence-electron chi connectivity index (χ4n) is 4.25. The van der Waals surface area contributed by atoms with E-state index < -0.39 is 0 Å². The number of hydrogen-bond acceptors (Lipinski definition) is 6. The Morgan fingerprint density at radius 1 is 1.28 bits per heavy atom. The molecule has 0 radical (unpaired) electrons. The zero-order valence-electron chi connectivity index (χ0n) is 18.4. The Morgan fingerprint density at radius 3 is 2.94 bits per heavy atom. The molecule has 3 heterocycles. The lowest BCUT2D eigenvalue weighted by molar-refractivity contribution is -0.121. The van der Waals surface area contributed by atoms with E-state index in [9.17, 15) is 4.79 Å². The summed E-state index contributed by atoms with van der Waals surface area (Å²) in [5, 5.41) is 10.3. The molecular formula is C24H31ClN4O3. The van der Waals surface area contributed by atoms with Crippen LogP contribution in [0.5, 0.6) is 0 Å². The predicted molar refractivity (Wildman–Crippen MR) is 127 cm³/mol. The van der Waals surface area contributed by atoms with Crippen molar-refractivity contribution in [3.8, 4) is 11.1 Å². The number of nitrogens with one attached hydrogen (secondary N) is 3. The molecule has 1 aromatic carbocycles. The Hall–Kier alpha value is -2.19. The molecule has 2 aliphatic heterocycles. The van der Waals surface area contributed by atoms with Gasteiger partial charge in [-0.15, -0.1) is 0 Å². The zero-order chi connectivity index (χ0) is 22.3. The van der Waals surface area contributed by atoms with Crippen LogP contribution in [0.1, 0.15) is 19.3 Å². The van der Waals surface area contributed by atoms with E-state index >= 15 is 0 Å². The minimum absolute atomic E-state index is 0.0459. The largest absolute Gasteiger partial charge is 0.385 e. The number of methoxy groups -OCH3 is 1. The molecule has 7 nitrogen and oxygen atoms in total. The number of aromatic nitrogens is 1. The van der Waals surface area contributed by atoms with Gasteiger partial charge in [-0.2, -0.15) is 0 Å². The van der Waals surface area contributed by atoms with E-state index in [0.29, 0.717) is 29.7 Å². The number of rotatable bonds is 7. The fourth-order valence-corrected chi connectivity index (χ4v) is 4.46. The normalized spacial score (nSPS) is 21.8. The summed E-state index contributed by atoms with van der Waals surface area (Å²) in [6.45, 7) is 4.01. The smallest absolute Gasteiger partial charge is 0.230 e. The Kier molecular flexibility index (Phi) is 7.97. The van der Waals surface area contributed by atoms with Crippen molar-refractivity contribution in [2.75, 3.05) is 50.6 Å². The van der Waals surface area contributed by atoms with Crippen molar-refractivity contribution in [3.05, 3.63) is 41.6 Å². The molecule has 0 spiro atoms. The maximum absolute atomic E-state index is 12.8. The van der Waals surface area contributed by atoms with Crippen LogP contribution in [0.4, 0.5) is 11.5 Å². The highest BCUT2D eigenvalue weighted by atomic mass is 35.5. The molecule has 2 atom stereocenters. The summed E-state index contributed by atoms with van der Waals surface area (Å²) in [4.78, 5) is 17.1. The van der Waals surface area contributed by atoms with Gasteiger partial charge < -0.3 is 25.4 Å². The molecular weight excluding hydrogens is 428 g/mol. The Morgan fingerprint density at radius 2 is 2.12 bits per heavy atom. The SMILES string of the molecule is CO[C@H]1CNC[C@@H](C(=O)Nc2cc(-c3cccc(NCC4CCOCC4)c3)c(Cl)cn2)C1. The van der Waals surface area contributed by atoms with E-state index in [1.807, 2.05) is 18.2 Å². The summed E-state index contributed by atoms with van der Waals surface area (Å²) in [7, 11) is 1.67. The maximum Gasteiger partial charge on any atom is 0.230 e. The number of ether oxygens (including phenoxy) is 2. The molecule has 2 fully saturated rings. The van der Waals surface area contributed by atoms with Crippen LogP contribution < -0.4 is 16.0 Å². The lowest BCUT2D eigenvalue weighted by atomic mass is 9.96. The van der Waals surface area contributed by atoms with Gasteiger partial charge in [-0.05, 0) is 48.9 Å². The summed E-state index contributed by atoms with van der Waals surface area (Å²) in [6, 6.07) is 10.0. The minimum atomic E-state index is -0.160. The maximum atomic E-state index is 12.8. The zero-order valence-corrected chi connectivity index (χ0v) is 19.2. The van der Waals surface area contributed by atoms with Crippen LogP contribution >= 0.6 is 11.6 Å². The van der Waals surface area contributed by atoms with E-state index in [1.54, 1.807) is 13.3 Å². The van der Waals surface area contributed by atoms with Gasteiger partial charge >= 0.3 is 0 Å². The third kappa shape index (κ3) is 5.98. The van der Waals surface area contributed by atoms with E-state index in [1.165, 1.54) is 0 Å². The quantitative estimate of drug-likeness (QED) is 0.585. The molecule has 0 unspecified atom stereocenters. The van der Waals surface area contributed by atoms with Crippen molar-refractivity contribution in [2.45, 2.75) is 25.4 Å². The Labute approximate surface area is 194 Å². The summed E-state index contributed by atoms with van der Waals surface area (Å²) >= 11 is 6.47. The summed E-state index contributed by atoms with van der Waals surface area (Å²) in [6.07, 6.45) is 4.51. The molecule has 8 heteroatoms. The molecule has 2 aliphatic rings. The first kappa shape index (κ1) is 23.0. The van der Waals surface area contributed by atoms with Crippen LogP contribution in [-0.4, -0.2) is 57.0 Å². The number of hydrogen-bond donors (Lipinski definition) is 3. The number of pyridine rings is 1. The fraction of sp³-hybridized carbons (Fsp3) is 0.500. The van der Waals surface area contributed by atoms with Crippen molar-refractivity contribution in [1.29, 1.82) is 0 Å². The van der Waals surface area contributed by atoms with Crippen molar-refractivity contribution >= 4 is 29.0 Å². The molecule has 32 heavy (non-hydrogen) atoms. The summed E-state index contributed by atoms with van der Waals surface area (Å²) in [5.74, 6) is 0.902. The average molecular weight is 459 g/mol. The third-order valence-electron chi connectivity index (χ3n) is 6.23. The number of piperidine rings is 1. The van der Waals surface area contributed by atoms with Gasteiger partial charge in [-0.25, -0.2) is 4.98 Å². The first-order chi connectivity index (χ1) is 15.6. The van der Waals surface area contributed by atoms with Crippen LogP contribution in [-0.2, 0) is 14.3 Å². The van der Waals surface area contributed by atoms with Crippen molar-refractivity contribution in [3.63, 3.8) is 0 Å². The topological polar surface area (TPSA) is 84.5 Å². The van der Waals surface area contributed by atoms with E-state index in [2.05, 4.69) is 33.1 Å². The first-order valence-corrected chi connectivity index (χ1v) is 11.6. The number of carbonyl (C=O) groups is 1. The predicted octanol–water partition coefficient (Wildman–Crippen LogP) is 3.80. The minimum Gasteiger partial charge on any atom is -0.385 e. The van der Waals surface area contributed by atoms with Gasteiger partial charge in [0.2, 0.25) is 5.91 Å². The van der Waals surface area contributed by atoms with Crippen LogP contribution in [0.3, 0.4) is 0 Å². The van der Waals surface area contributed by atoms with Gasteiger partial charge in [0.25, 0.3) is 0 Å². The van der Waals surface area contributed by atoms with Gasteiger partial charge in [-0.3, -0.25) is 4.79 Å². The number of carbonyl (C=O) groups excluding carboxylic acids is 1. The van der Waals surface area contributed by atoms with Gasteiger partial charge in [0.15, 0.2) is 0 Å². The van der Waals surface area contributed by atoms with Gasteiger partial charge in [-0.1, -0.05) is 23.7 Å². The lowest BCUT2D eigenvalue weighted by Gasteiger charge is -2.28. The van der Waals surface area contributed by atoms with Crippen molar-refractivity contribution in [1.82, 2.24) is 10.3 Å². The van der Waals surface area contributed by atoms with E-state index in [-0.39, 0.29) is 17.9 Å². The number of nitrogens with zero attached hydrogens (tertiary/aromatic N) is 1. The Bertz CT molecular complexity index is 920. The summed E-state index contributed by atoms with van der Waals surface area (Å²) in [5.41, 5.74) is 2.86. The molecule has 2 saturated heterocycles. The number of benzene rings is 1. The highest BCUT2D eigenvalue weighted by Gasteiger charge is 2.27. The third-order valence-corrected chi connectivity index (χ3v) is 6.53. The van der Waals surface area contributed by atoms with Crippen molar-refractivity contribution < 1.29 is 14.3 Å². The van der Waals surface area contributed by atoms with Crippen LogP contribution in [0.15, 0.2) is 36.5 Å². The molecule has 2 aromatic rings. The second-order valence-corrected chi connectivity index (χ2v) is 8.91. The molecule has 0 aliphatic carbocycles. The molecule has 4 rings (SSSR count). The van der Waals surface area contributed by atoms with Crippen LogP contribution in [0, 0.1) is 11.8 Å².